The summed E-state index contributed by atoms with van der Waals surface area (Å²) in [6.45, 7) is 1.77. The normalized spacial score (nSPS) is 10.6. The molecular weight excluding hydrogens is 314 g/mol. The van der Waals surface area contributed by atoms with E-state index in [9.17, 15) is 13.6 Å². The fourth-order valence-electron chi connectivity index (χ4n) is 2.38. The molecule has 0 radical (unpaired) electrons. The fraction of sp³-hybridized carbons (Fsp3) is 0.118. The molecular formula is C17H12F2N4O. The minimum absolute atomic E-state index is 0.0667. The Morgan fingerprint density at radius 2 is 1.88 bits per heavy atom. The van der Waals surface area contributed by atoms with E-state index in [0.29, 0.717) is 11.3 Å². The van der Waals surface area contributed by atoms with Crippen molar-refractivity contribution in [3.8, 4) is 11.8 Å². The molecule has 0 spiro atoms. The van der Waals surface area contributed by atoms with Crippen LogP contribution in [0.5, 0.6) is 0 Å². The van der Waals surface area contributed by atoms with Gasteiger partial charge in [0.05, 0.1) is 12.2 Å². The Morgan fingerprint density at radius 1 is 1.17 bits per heavy atom. The molecule has 7 heteroatoms. The Hall–Kier alpha value is -3.27. The summed E-state index contributed by atoms with van der Waals surface area (Å²) >= 11 is 0. The van der Waals surface area contributed by atoms with Crippen LogP contribution in [0.2, 0.25) is 0 Å². The Morgan fingerprint density at radius 3 is 2.54 bits per heavy atom. The number of benzene rings is 1. The number of rotatable bonds is 3. The van der Waals surface area contributed by atoms with Crippen molar-refractivity contribution in [3.05, 3.63) is 81.5 Å². The van der Waals surface area contributed by atoms with Crippen LogP contribution >= 0.6 is 0 Å². The van der Waals surface area contributed by atoms with Crippen molar-refractivity contribution < 1.29 is 8.78 Å². The third-order valence-corrected chi connectivity index (χ3v) is 3.63. The van der Waals surface area contributed by atoms with Crippen LogP contribution in [0, 0.1) is 29.9 Å². The van der Waals surface area contributed by atoms with E-state index in [1.807, 2.05) is 6.07 Å². The first-order valence-electron chi connectivity index (χ1n) is 7.10. The highest BCUT2D eigenvalue weighted by Gasteiger charge is 2.13. The van der Waals surface area contributed by atoms with Gasteiger partial charge in [-0.1, -0.05) is 6.07 Å². The molecule has 0 saturated heterocycles. The number of aromatic nitrogens is 3. The van der Waals surface area contributed by atoms with Crippen LogP contribution < -0.4 is 5.56 Å². The van der Waals surface area contributed by atoms with Gasteiger partial charge in [-0.2, -0.15) is 10.4 Å². The molecule has 0 aliphatic heterocycles. The van der Waals surface area contributed by atoms with Gasteiger partial charge in [-0.15, -0.1) is 0 Å². The minimum Gasteiger partial charge on any atom is -0.308 e. The van der Waals surface area contributed by atoms with Gasteiger partial charge in [-0.3, -0.25) is 4.79 Å². The van der Waals surface area contributed by atoms with Crippen LogP contribution in [0.3, 0.4) is 0 Å². The third-order valence-electron chi connectivity index (χ3n) is 3.63. The van der Waals surface area contributed by atoms with Gasteiger partial charge in [0.1, 0.15) is 17.3 Å². The van der Waals surface area contributed by atoms with Gasteiger partial charge in [-0.25, -0.2) is 13.5 Å². The van der Waals surface area contributed by atoms with Crippen LogP contribution in [-0.4, -0.2) is 14.3 Å². The summed E-state index contributed by atoms with van der Waals surface area (Å²) in [5.41, 5.74) is 0.393. The molecule has 0 N–H and O–H groups in total. The third kappa shape index (κ3) is 2.70. The minimum atomic E-state index is -0.732. The molecule has 120 valence electrons. The lowest BCUT2D eigenvalue weighted by atomic mass is 10.2. The smallest absolute Gasteiger partial charge is 0.269 e. The molecule has 3 rings (SSSR count). The Labute approximate surface area is 136 Å². The van der Waals surface area contributed by atoms with Gasteiger partial charge in [-0.05, 0) is 36.8 Å². The van der Waals surface area contributed by atoms with E-state index in [2.05, 4.69) is 5.10 Å². The highest BCUT2D eigenvalue weighted by atomic mass is 19.1. The fourth-order valence-corrected chi connectivity index (χ4v) is 2.38. The van der Waals surface area contributed by atoms with Crippen molar-refractivity contribution in [3.63, 3.8) is 0 Å². The molecule has 1 aromatic carbocycles. The largest absolute Gasteiger partial charge is 0.308 e. The van der Waals surface area contributed by atoms with E-state index in [1.54, 1.807) is 25.3 Å². The zero-order valence-electron chi connectivity index (χ0n) is 12.7. The number of pyridine rings is 1. The Balaban J connectivity index is 1.96. The van der Waals surface area contributed by atoms with Crippen LogP contribution in [0.15, 0.2) is 47.5 Å². The van der Waals surface area contributed by atoms with Gasteiger partial charge in [0.15, 0.2) is 11.6 Å². The predicted octanol–water partition coefficient (Wildman–Crippen LogP) is 2.54. The second kappa shape index (κ2) is 6.08. The highest BCUT2D eigenvalue weighted by Crippen LogP contribution is 2.17. The molecule has 0 saturated carbocycles. The van der Waals surface area contributed by atoms with E-state index >= 15 is 0 Å². The number of nitriles is 1. The molecule has 0 aliphatic carbocycles. The zero-order valence-corrected chi connectivity index (χ0v) is 12.7. The lowest BCUT2D eigenvalue weighted by Gasteiger charge is -2.06. The van der Waals surface area contributed by atoms with Gasteiger partial charge >= 0.3 is 0 Å². The first-order chi connectivity index (χ1) is 11.5. The molecule has 0 atom stereocenters. The number of hydrogen-bond acceptors (Lipinski definition) is 3. The maximum Gasteiger partial charge on any atom is 0.269 e. The molecule has 2 aromatic heterocycles. The van der Waals surface area contributed by atoms with E-state index in [0.717, 1.165) is 16.8 Å². The van der Waals surface area contributed by atoms with Crippen LogP contribution in [0.4, 0.5) is 8.78 Å². The maximum absolute atomic E-state index is 13.8. The second-order valence-electron chi connectivity index (χ2n) is 5.24. The lowest BCUT2D eigenvalue weighted by Crippen LogP contribution is -2.23. The molecule has 0 aliphatic rings. The Kier molecular flexibility index (Phi) is 3.96. The zero-order chi connectivity index (χ0) is 17.3. The summed E-state index contributed by atoms with van der Waals surface area (Å²) in [4.78, 5) is 12.2. The van der Waals surface area contributed by atoms with Crippen molar-refractivity contribution in [2.24, 2.45) is 0 Å². The van der Waals surface area contributed by atoms with Gasteiger partial charge in [0, 0.05) is 12.4 Å². The molecule has 0 amide bonds. The van der Waals surface area contributed by atoms with Crippen molar-refractivity contribution in [1.82, 2.24) is 14.3 Å². The number of nitrogens with zero attached hydrogens (tertiary/aromatic N) is 4. The summed E-state index contributed by atoms with van der Waals surface area (Å²) in [6.07, 6.45) is 2.97. The molecule has 0 bridgehead atoms. The van der Waals surface area contributed by atoms with Crippen molar-refractivity contribution >= 4 is 0 Å². The van der Waals surface area contributed by atoms with Gasteiger partial charge in [0.25, 0.3) is 5.56 Å². The predicted molar refractivity (Wildman–Crippen MR) is 82.7 cm³/mol. The molecule has 3 aromatic rings. The summed E-state index contributed by atoms with van der Waals surface area (Å²) in [5.74, 6) is -1.46. The SMILES string of the molecule is Cc1ccn(Cc2ccn(-c3c(F)cccc3F)n2)c(=O)c1C#N. The summed E-state index contributed by atoms with van der Waals surface area (Å²) < 4.78 is 30.0. The monoisotopic (exact) mass is 326 g/mol. The number of aryl methyl sites for hydroxylation is 1. The summed E-state index contributed by atoms with van der Waals surface area (Å²) in [5, 5.41) is 13.1. The quantitative estimate of drug-likeness (QED) is 0.743. The van der Waals surface area contributed by atoms with E-state index < -0.39 is 17.2 Å². The lowest BCUT2D eigenvalue weighted by molar-refractivity contribution is 0.558. The molecule has 24 heavy (non-hydrogen) atoms. The van der Waals surface area contributed by atoms with Crippen LogP contribution in [0.25, 0.3) is 5.69 Å². The molecule has 5 nitrogen and oxygen atoms in total. The Bertz CT molecular complexity index is 994. The number of hydrogen-bond donors (Lipinski definition) is 0. The van der Waals surface area contributed by atoms with Crippen molar-refractivity contribution in [2.45, 2.75) is 13.5 Å². The van der Waals surface area contributed by atoms with Crippen LogP contribution in [-0.2, 0) is 6.54 Å². The summed E-state index contributed by atoms with van der Waals surface area (Å²) in [7, 11) is 0. The standard InChI is InChI=1S/C17H12F2N4O/c1-11-5-7-22(17(24)13(11)9-20)10-12-6-8-23(21-12)16-14(18)3-2-4-15(16)19/h2-8H,10H2,1H3. The van der Waals surface area contributed by atoms with E-state index in [-0.39, 0.29) is 17.8 Å². The van der Waals surface area contributed by atoms with E-state index in [4.69, 9.17) is 5.26 Å². The van der Waals surface area contributed by atoms with E-state index in [1.165, 1.54) is 16.8 Å². The topological polar surface area (TPSA) is 63.6 Å². The molecule has 0 fully saturated rings. The first kappa shape index (κ1) is 15.6. The summed E-state index contributed by atoms with van der Waals surface area (Å²) in [6, 6.07) is 8.65. The number of halogens is 2. The van der Waals surface area contributed by atoms with Gasteiger partial charge in [0.2, 0.25) is 0 Å². The van der Waals surface area contributed by atoms with Crippen molar-refractivity contribution in [1.29, 1.82) is 5.26 Å². The second-order valence-corrected chi connectivity index (χ2v) is 5.24. The molecule has 2 heterocycles. The number of para-hydroxylation sites is 1. The maximum atomic E-state index is 13.8. The van der Waals surface area contributed by atoms with Crippen LogP contribution in [0.1, 0.15) is 16.8 Å². The average molecular weight is 326 g/mol. The first-order valence-corrected chi connectivity index (χ1v) is 7.10. The van der Waals surface area contributed by atoms with Crippen molar-refractivity contribution in [2.75, 3.05) is 0 Å². The van der Waals surface area contributed by atoms with Gasteiger partial charge < -0.3 is 4.57 Å². The average Bonchev–Trinajstić information content (AvgIpc) is 2.99. The molecule has 0 unspecified atom stereocenters. The highest BCUT2D eigenvalue weighted by molar-refractivity contribution is 5.35.